The van der Waals surface area contributed by atoms with Crippen LogP contribution in [0.1, 0.15) is 37.7 Å². The summed E-state index contributed by atoms with van der Waals surface area (Å²) in [5.74, 6) is -0.866. The summed E-state index contributed by atoms with van der Waals surface area (Å²) in [4.78, 5) is 0. The van der Waals surface area contributed by atoms with E-state index in [1.165, 1.54) is 5.56 Å². The van der Waals surface area contributed by atoms with Crippen LogP contribution in [-0.4, -0.2) is 23.1 Å². The number of benzene rings is 1. The van der Waals surface area contributed by atoms with Crippen molar-refractivity contribution in [1.29, 1.82) is 0 Å². The Morgan fingerprint density at radius 1 is 1.22 bits per heavy atom. The lowest BCUT2D eigenvalue weighted by atomic mass is 9.87. The highest BCUT2D eigenvalue weighted by Crippen LogP contribution is 2.38. The van der Waals surface area contributed by atoms with Crippen LogP contribution in [0.25, 0.3) is 0 Å². The van der Waals surface area contributed by atoms with Crippen LogP contribution in [0.15, 0.2) is 30.3 Å². The number of fused-ring (bicyclic) bond motifs is 2. The first kappa shape index (κ1) is 12.2. The van der Waals surface area contributed by atoms with Crippen molar-refractivity contribution < 1.29 is 14.6 Å². The van der Waals surface area contributed by atoms with Gasteiger partial charge in [0.05, 0.1) is 18.8 Å². The molecule has 0 aliphatic carbocycles. The second-order valence-electron chi connectivity index (χ2n) is 5.37. The standard InChI is InChI=1S/C15H20O3/c16-15-9-4-7-14(18-15)13(8-10-15)17-11-12-5-2-1-3-6-12/h1-3,5-6,13-14,16H,4,7-11H2/t13-,14-,15+/m0/s1. The topological polar surface area (TPSA) is 38.7 Å². The van der Waals surface area contributed by atoms with Gasteiger partial charge >= 0.3 is 0 Å². The van der Waals surface area contributed by atoms with Gasteiger partial charge in [0.15, 0.2) is 5.79 Å². The zero-order valence-corrected chi connectivity index (χ0v) is 10.5. The highest BCUT2D eigenvalue weighted by molar-refractivity contribution is 5.13. The molecule has 0 unspecified atom stereocenters. The maximum Gasteiger partial charge on any atom is 0.166 e. The molecule has 2 heterocycles. The van der Waals surface area contributed by atoms with Gasteiger partial charge in [-0.1, -0.05) is 30.3 Å². The summed E-state index contributed by atoms with van der Waals surface area (Å²) in [6, 6.07) is 10.2. The van der Waals surface area contributed by atoms with Crippen LogP contribution in [0, 0.1) is 0 Å². The maximum atomic E-state index is 10.1. The summed E-state index contributed by atoms with van der Waals surface area (Å²) < 4.78 is 11.7. The molecule has 3 rings (SSSR count). The molecule has 0 spiro atoms. The fraction of sp³-hybridized carbons (Fsp3) is 0.600. The van der Waals surface area contributed by atoms with E-state index >= 15 is 0 Å². The Morgan fingerprint density at radius 2 is 2.06 bits per heavy atom. The van der Waals surface area contributed by atoms with Gasteiger partial charge in [-0.05, 0) is 24.8 Å². The molecular formula is C15H20O3. The third-order valence-electron chi connectivity index (χ3n) is 3.97. The van der Waals surface area contributed by atoms with Crippen molar-refractivity contribution in [2.45, 2.75) is 56.7 Å². The van der Waals surface area contributed by atoms with E-state index < -0.39 is 5.79 Å². The first-order valence-electron chi connectivity index (χ1n) is 6.81. The Balaban J connectivity index is 1.57. The quantitative estimate of drug-likeness (QED) is 0.893. The van der Waals surface area contributed by atoms with Crippen LogP contribution >= 0.6 is 0 Å². The Kier molecular flexibility index (Phi) is 3.37. The molecule has 0 radical (unpaired) electrons. The molecule has 2 aliphatic rings. The Labute approximate surface area is 108 Å². The number of ether oxygens (including phenoxy) is 2. The zero-order valence-electron chi connectivity index (χ0n) is 10.5. The fourth-order valence-corrected chi connectivity index (χ4v) is 2.95. The van der Waals surface area contributed by atoms with Crippen molar-refractivity contribution in [2.24, 2.45) is 0 Å². The average molecular weight is 248 g/mol. The molecule has 1 N–H and O–H groups in total. The molecule has 3 atom stereocenters. The van der Waals surface area contributed by atoms with Crippen LogP contribution in [0.5, 0.6) is 0 Å². The minimum atomic E-state index is -0.866. The van der Waals surface area contributed by atoms with E-state index in [9.17, 15) is 5.11 Å². The molecule has 2 fully saturated rings. The zero-order chi connectivity index (χ0) is 12.4. The van der Waals surface area contributed by atoms with E-state index in [1.807, 2.05) is 18.2 Å². The van der Waals surface area contributed by atoms with Gasteiger partial charge < -0.3 is 14.6 Å². The van der Waals surface area contributed by atoms with E-state index in [0.29, 0.717) is 13.0 Å². The molecular weight excluding hydrogens is 228 g/mol. The van der Waals surface area contributed by atoms with Crippen molar-refractivity contribution in [3.05, 3.63) is 35.9 Å². The second kappa shape index (κ2) is 5.00. The van der Waals surface area contributed by atoms with Gasteiger partial charge in [0.2, 0.25) is 0 Å². The lowest BCUT2D eigenvalue weighted by Crippen LogP contribution is -2.51. The highest BCUT2D eigenvalue weighted by atomic mass is 16.6. The SMILES string of the molecule is O[C@]12CCC[C@H](O1)[C@@H](OCc1ccccc1)CC2. The van der Waals surface area contributed by atoms with Gasteiger partial charge in [-0.3, -0.25) is 0 Å². The predicted octanol–water partition coefficient (Wildman–Crippen LogP) is 2.62. The first-order valence-corrected chi connectivity index (χ1v) is 6.81. The lowest BCUT2D eigenvalue weighted by molar-refractivity contribution is -0.303. The van der Waals surface area contributed by atoms with Crippen molar-refractivity contribution in [1.82, 2.24) is 0 Å². The molecule has 3 heteroatoms. The summed E-state index contributed by atoms with van der Waals surface area (Å²) in [5.41, 5.74) is 1.19. The van der Waals surface area contributed by atoms with Crippen LogP contribution in [0.2, 0.25) is 0 Å². The molecule has 0 amide bonds. The van der Waals surface area contributed by atoms with Gasteiger partial charge in [-0.15, -0.1) is 0 Å². The van der Waals surface area contributed by atoms with E-state index in [4.69, 9.17) is 9.47 Å². The van der Waals surface area contributed by atoms with Crippen molar-refractivity contribution in [3.8, 4) is 0 Å². The van der Waals surface area contributed by atoms with Crippen molar-refractivity contribution >= 4 is 0 Å². The smallest absolute Gasteiger partial charge is 0.166 e. The summed E-state index contributed by atoms with van der Waals surface area (Å²) in [6.45, 7) is 0.629. The van der Waals surface area contributed by atoms with E-state index in [2.05, 4.69) is 12.1 Å². The Bertz CT molecular complexity index is 392. The summed E-state index contributed by atoms with van der Waals surface area (Å²) in [5, 5.41) is 10.1. The van der Waals surface area contributed by atoms with E-state index in [1.54, 1.807) is 0 Å². The fourth-order valence-electron chi connectivity index (χ4n) is 2.95. The molecule has 1 aromatic rings. The summed E-state index contributed by atoms with van der Waals surface area (Å²) in [7, 11) is 0. The number of aliphatic hydroxyl groups is 1. The number of rotatable bonds is 3. The lowest BCUT2D eigenvalue weighted by Gasteiger charge is -2.45. The van der Waals surface area contributed by atoms with Gasteiger partial charge in [0, 0.05) is 12.8 Å². The van der Waals surface area contributed by atoms with E-state index in [-0.39, 0.29) is 12.2 Å². The molecule has 18 heavy (non-hydrogen) atoms. The summed E-state index contributed by atoms with van der Waals surface area (Å²) >= 11 is 0. The Hall–Kier alpha value is -0.900. The van der Waals surface area contributed by atoms with Crippen molar-refractivity contribution in [3.63, 3.8) is 0 Å². The average Bonchev–Trinajstić information content (AvgIpc) is 2.39. The molecule has 2 aliphatic heterocycles. The first-order chi connectivity index (χ1) is 8.75. The minimum absolute atomic E-state index is 0.0706. The highest BCUT2D eigenvalue weighted by Gasteiger charge is 2.43. The van der Waals surface area contributed by atoms with Gasteiger partial charge in [-0.2, -0.15) is 0 Å². The van der Waals surface area contributed by atoms with Gasteiger partial charge in [0.1, 0.15) is 0 Å². The molecule has 2 bridgehead atoms. The number of hydrogen-bond acceptors (Lipinski definition) is 3. The van der Waals surface area contributed by atoms with Crippen LogP contribution in [-0.2, 0) is 16.1 Å². The van der Waals surface area contributed by atoms with Crippen LogP contribution in [0.4, 0.5) is 0 Å². The third kappa shape index (κ3) is 2.58. The predicted molar refractivity (Wildman–Crippen MR) is 67.9 cm³/mol. The monoisotopic (exact) mass is 248 g/mol. The van der Waals surface area contributed by atoms with Crippen LogP contribution in [0.3, 0.4) is 0 Å². The van der Waals surface area contributed by atoms with Crippen LogP contribution < -0.4 is 0 Å². The molecule has 3 nitrogen and oxygen atoms in total. The second-order valence-corrected chi connectivity index (χ2v) is 5.37. The largest absolute Gasteiger partial charge is 0.371 e. The summed E-state index contributed by atoms with van der Waals surface area (Å²) in [6.07, 6.45) is 4.60. The normalized spacial score (nSPS) is 35.4. The van der Waals surface area contributed by atoms with Gasteiger partial charge in [0.25, 0.3) is 0 Å². The third-order valence-corrected chi connectivity index (χ3v) is 3.97. The molecule has 98 valence electrons. The molecule has 0 aromatic heterocycles. The minimum Gasteiger partial charge on any atom is -0.371 e. The maximum absolute atomic E-state index is 10.1. The van der Waals surface area contributed by atoms with Gasteiger partial charge in [-0.25, -0.2) is 0 Å². The molecule has 2 saturated heterocycles. The molecule has 1 aromatic carbocycles. The molecule has 0 saturated carbocycles. The van der Waals surface area contributed by atoms with E-state index in [0.717, 1.165) is 25.7 Å². The Morgan fingerprint density at radius 3 is 2.89 bits per heavy atom. The number of hydrogen-bond donors (Lipinski definition) is 1. The van der Waals surface area contributed by atoms with Crippen molar-refractivity contribution in [2.75, 3.05) is 0 Å².